The quantitative estimate of drug-likeness (QED) is 0.527. The predicted molar refractivity (Wildman–Crippen MR) is 119 cm³/mol. The van der Waals surface area contributed by atoms with E-state index in [0.29, 0.717) is 29.4 Å². The highest BCUT2D eigenvalue weighted by atomic mass is 32.1. The van der Waals surface area contributed by atoms with Crippen LogP contribution >= 0.6 is 11.3 Å². The van der Waals surface area contributed by atoms with Crippen molar-refractivity contribution in [2.24, 2.45) is 23.2 Å². The van der Waals surface area contributed by atoms with E-state index in [4.69, 9.17) is 4.98 Å². The second-order valence-corrected chi connectivity index (χ2v) is 10.9. The van der Waals surface area contributed by atoms with Crippen LogP contribution in [0.15, 0.2) is 36.9 Å². The van der Waals surface area contributed by atoms with E-state index < -0.39 is 0 Å². The van der Waals surface area contributed by atoms with Gasteiger partial charge in [-0.25, -0.2) is 14.4 Å². The van der Waals surface area contributed by atoms with Crippen LogP contribution in [0.25, 0.3) is 10.2 Å². The van der Waals surface area contributed by atoms with Crippen molar-refractivity contribution in [3.63, 3.8) is 0 Å². The molecule has 4 aliphatic rings. The first-order valence-electron chi connectivity index (χ1n) is 11.4. The number of imidazole rings is 1. The van der Waals surface area contributed by atoms with Crippen molar-refractivity contribution in [3.8, 4) is 0 Å². The van der Waals surface area contributed by atoms with Crippen molar-refractivity contribution >= 4 is 32.6 Å². The average molecular weight is 439 g/mol. The molecule has 0 atom stereocenters. The van der Waals surface area contributed by atoms with Gasteiger partial charge < -0.3 is 4.57 Å². The van der Waals surface area contributed by atoms with Crippen LogP contribution in [-0.4, -0.2) is 27.0 Å². The van der Waals surface area contributed by atoms with Crippen molar-refractivity contribution < 1.29 is 9.18 Å². The van der Waals surface area contributed by atoms with E-state index in [0.717, 1.165) is 42.4 Å². The molecule has 0 spiro atoms. The van der Waals surface area contributed by atoms with E-state index in [1.807, 2.05) is 22.0 Å². The van der Waals surface area contributed by atoms with Gasteiger partial charge in [0.05, 0.1) is 22.0 Å². The number of thiazole rings is 1. The lowest BCUT2D eigenvalue weighted by Gasteiger charge is -2.56. The van der Waals surface area contributed by atoms with E-state index in [1.54, 1.807) is 12.3 Å². The molecule has 4 saturated carbocycles. The van der Waals surface area contributed by atoms with Gasteiger partial charge in [0, 0.05) is 25.5 Å². The summed E-state index contributed by atoms with van der Waals surface area (Å²) in [7, 11) is 0. The first-order chi connectivity index (χ1) is 15.1. The molecule has 0 aliphatic heterocycles. The van der Waals surface area contributed by atoms with E-state index in [-0.39, 0.29) is 17.1 Å². The number of fused-ring (bicyclic) bond motifs is 1. The number of carbonyl (C=O) groups is 1. The first kappa shape index (κ1) is 19.4. The van der Waals surface area contributed by atoms with Gasteiger partial charge in [-0.05, 0) is 80.9 Å². The molecule has 2 aromatic heterocycles. The first-order valence-corrected chi connectivity index (χ1v) is 12.2. The Kier molecular flexibility index (Phi) is 4.63. The molecule has 0 saturated heterocycles. The van der Waals surface area contributed by atoms with E-state index in [1.165, 1.54) is 42.7 Å². The fraction of sp³-hybridized carbons (Fsp3) is 0.542. The number of aryl methyl sites for hydroxylation is 1. The van der Waals surface area contributed by atoms with Gasteiger partial charge in [0.2, 0.25) is 5.91 Å². The number of nitrogens with zero attached hydrogens (tertiary/aromatic N) is 4. The van der Waals surface area contributed by atoms with Gasteiger partial charge in [-0.2, -0.15) is 0 Å². The maximum absolute atomic E-state index is 14.1. The average Bonchev–Trinajstić information content (AvgIpc) is 3.39. The molecule has 4 aliphatic carbocycles. The molecule has 2 heterocycles. The lowest BCUT2D eigenvalue weighted by Crippen LogP contribution is -2.55. The van der Waals surface area contributed by atoms with Gasteiger partial charge in [-0.15, -0.1) is 0 Å². The molecule has 5 nitrogen and oxygen atoms in total. The maximum Gasteiger partial charge on any atom is 0.235 e. The van der Waals surface area contributed by atoms with Crippen LogP contribution in [0.3, 0.4) is 0 Å². The largest absolute Gasteiger partial charge is 0.337 e. The summed E-state index contributed by atoms with van der Waals surface area (Å²) in [6.07, 6.45) is 13.4. The summed E-state index contributed by atoms with van der Waals surface area (Å²) in [5, 5.41) is 0.715. The molecule has 7 rings (SSSR count). The normalized spacial score (nSPS) is 29.0. The highest BCUT2D eigenvalue weighted by Crippen LogP contribution is 2.60. The standard InChI is InChI=1S/C24H27FN4OS/c25-19-2-3-20-21(11-19)31-23(27-20)29(6-1-5-28-7-4-26-15-28)22(30)24-12-16-8-17(13-24)10-18(9-16)14-24/h2-4,7,11,15-18H,1,5-6,8-10,12-14H2. The SMILES string of the molecule is O=C(N(CCCn1ccnc1)c1nc2ccc(F)cc2s1)C12CC3CC(CC(C3)C1)C2. The minimum atomic E-state index is -0.262. The third-order valence-corrected chi connectivity index (χ3v) is 8.71. The van der Waals surface area contributed by atoms with Gasteiger partial charge in [-0.1, -0.05) is 11.3 Å². The zero-order valence-electron chi connectivity index (χ0n) is 17.5. The lowest BCUT2D eigenvalue weighted by molar-refractivity contribution is -0.143. The number of halogens is 1. The second kappa shape index (κ2) is 7.40. The lowest BCUT2D eigenvalue weighted by atomic mass is 9.49. The monoisotopic (exact) mass is 438 g/mol. The third kappa shape index (κ3) is 3.47. The number of hydrogen-bond acceptors (Lipinski definition) is 4. The van der Waals surface area contributed by atoms with Gasteiger partial charge in [0.25, 0.3) is 0 Å². The highest BCUT2D eigenvalue weighted by Gasteiger charge is 2.55. The van der Waals surface area contributed by atoms with Crippen LogP contribution < -0.4 is 4.90 Å². The minimum absolute atomic E-state index is 0.215. The molecular weight excluding hydrogens is 411 g/mol. The van der Waals surface area contributed by atoms with Crippen molar-refractivity contribution in [1.29, 1.82) is 0 Å². The Morgan fingerprint density at radius 3 is 2.61 bits per heavy atom. The van der Waals surface area contributed by atoms with Crippen LogP contribution in [-0.2, 0) is 11.3 Å². The Morgan fingerprint density at radius 1 is 1.19 bits per heavy atom. The summed E-state index contributed by atoms with van der Waals surface area (Å²) >= 11 is 1.43. The fourth-order valence-electron chi connectivity index (χ4n) is 6.78. The van der Waals surface area contributed by atoms with Crippen LogP contribution in [0.1, 0.15) is 44.9 Å². The Bertz CT molecular complexity index is 1070. The highest BCUT2D eigenvalue weighted by molar-refractivity contribution is 7.22. The predicted octanol–water partition coefficient (Wildman–Crippen LogP) is 5.27. The van der Waals surface area contributed by atoms with Crippen LogP contribution in [0.2, 0.25) is 0 Å². The molecule has 0 N–H and O–H groups in total. The topological polar surface area (TPSA) is 51.0 Å². The van der Waals surface area contributed by atoms with Crippen LogP contribution in [0.4, 0.5) is 9.52 Å². The summed E-state index contributed by atoms with van der Waals surface area (Å²) in [6.45, 7) is 1.44. The number of amides is 1. The summed E-state index contributed by atoms with van der Waals surface area (Å²) in [4.78, 5) is 24.9. The van der Waals surface area contributed by atoms with Crippen molar-refractivity contribution in [1.82, 2.24) is 14.5 Å². The number of carbonyl (C=O) groups excluding carboxylic acids is 1. The van der Waals surface area contributed by atoms with Crippen LogP contribution in [0.5, 0.6) is 0 Å². The molecular formula is C24H27FN4OS. The zero-order valence-corrected chi connectivity index (χ0v) is 18.4. The zero-order chi connectivity index (χ0) is 21.0. The van der Waals surface area contributed by atoms with Gasteiger partial charge in [-0.3, -0.25) is 9.69 Å². The van der Waals surface area contributed by atoms with E-state index >= 15 is 0 Å². The second-order valence-electron chi connectivity index (χ2n) is 9.92. The number of hydrogen-bond donors (Lipinski definition) is 0. The Labute approximate surface area is 185 Å². The molecule has 0 radical (unpaired) electrons. The number of aromatic nitrogens is 3. The Hall–Kier alpha value is -2.28. The molecule has 0 unspecified atom stereocenters. The minimum Gasteiger partial charge on any atom is -0.337 e. The van der Waals surface area contributed by atoms with Crippen molar-refractivity contribution in [2.75, 3.05) is 11.4 Å². The molecule has 4 fully saturated rings. The fourth-order valence-corrected chi connectivity index (χ4v) is 7.79. The van der Waals surface area contributed by atoms with Crippen molar-refractivity contribution in [3.05, 3.63) is 42.7 Å². The molecule has 4 bridgehead atoms. The third-order valence-electron chi connectivity index (χ3n) is 7.66. The summed E-state index contributed by atoms with van der Waals surface area (Å²) < 4.78 is 16.6. The Morgan fingerprint density at radius 2 is 1.94 bits per heavy atom. The summed E-state index contributed by atoms with van der Waals surface area (Å²) in [5.41, 5.74) is 0.548. The smallest absolute Gasteiger partial charge is 0.235 e. The molecule has 7 heteroatoms. The van der Waals surface area contributed by atoms with Crippen molar-refractivity contribution in [2.45, 2.75) is 51.5 Å². The van der Waals surface area contributed by atoms with Gasteiger partial charge in [0.1, 0.15) is 5.82 Å². The molecule has 1 aromatic carbocycles. The van der Waals surface area contributed by atoms with E-state index in [2.05, 4.69) is 4.98 Å². The molecule has 31 heavy (non-hydrogen) atoms. The summed E-state index contributed by atoms with van der Waals surface area (Å²) in [6, 6.07) is 4.68. The maximum atomic E-state index is 14.1. The van der Waals surface area contributed by atoms with Crippen LogP contribution in [0, 0.1) is 29.0 Å². The van der Waals surface area contributed by atoms with E-state index in [9.17, 15) is 9.18 Å². The number of benzene rings is 1. The molecule has 3 aromatic rings. The van der Waals surface area contributed by atoms with Gasteiger partial charge >= 0.3 is 0 Å². The number of rotatable bonds is 6. The summed E-state index contributed by atoms with van der Waals surface area (Å²) in [5.74, 6) is 2.14. The molecule has 1 amide bonds. The number of anilines is 1. The molecule has 162 valence electrons. The Balaban J connectivity index is 1.31. The van der Waals surface area contributed by atoms with Gasteiger partial charge in [0.15, 0.2) is 5.13 Å².